The molecule has 0 aliphatic rings. The summed E-state index contributed by atoms with van der Waals surface area (Å²) in [4.78, 5) is 20.0. The molecule has 0 saturated carbocycles. The molecular formula is C21H17N3O3S. The molecule has 6 nitrogen and oxygen atoms in total. The van der Waals surface area contributed by atoms with Crippen molar-refractivity contribution in [2.45, 2.75) is 16.3 Å². The summed E-state index contributed by atoms with van der Waals surface area (Å²) in [7, 11) is -3.54. The van der Waals surface area contributed by atoms with E-state index in [4.69, 9.17) is 0 Å². The fraction of sp³-hybridized carbons (Fsp3) is 0.0476. The number of sulfone groups is 1. The fourth-order valence-corrected chi connectivity index (χ4v) is 4.24. The molecule has 0 aliphatic heterocycles. The molecule has 2 N–H and O–H groups in total. The number of carbonyl (C=O) groups is 1. The lowest BCUT2D eigenvalue weighted by molar-refractivity contribution is 0.0952. The van der Waals surface area contributed by atoms with E-state index in [0.29, 0.717) is 12.1 Å². The Hall–Kier alpha value is -3.45. The Morgan fingerprint density at radius 1 is 0.964 bits per heavy atom. The second kappa shape index (κ2) is 7.28. The highest BCUT2D eigenvalue weighted by atomic mass is 32.2. The van der Waals surface area contributed by atoms with Gasteiger partial charge in [-0.1, -0.05) is 30.3 Å². The minimum Gasteiger partial charge on any atom is -0.359 e. The number of nitrogens with zero attached hydrogens (tertiary/aromatic N) is 1. The smallest absolute Gasteiger partial charge is 0.253 e. The molecule has 140 valence electrons. The number of benzene rings is 2. The Labute approximate surface area is 162 Å². The highest BCUT2D eigenvalue weighted by Crippen LogP contribution is 2.21. The third-order valence-electron chi connectivity index (χ3n) is 4.47. The van der Waals surface area contributed by atoms with E-state index in [-0.39, 0.29) is 15.7 Å². The van der Waals surface area contributed by atoms with Gasteiger partial charge in [0.2, 0.25) is 9.84 Å². The van der Waals surface area contributed by atoms with Crippen molar-refractivity contribution in [3.05, 3.63) is 90.4 Å². The zero-order chi connectivity index (χ0) is 19.6. The maximum atomic E-state index is 12.6. The highest BCUT2D eigenvalue weighted by molar-refractivity contribution is 7.91. The summed E-state index contributed by atoms with van der Waals surface area (Å²) < 4.78 is 25.2. The first-order valence-corrected chi connectivity index (χ1v) is 10.1. The number of nitrogens with one attached hydrogen (secondary N) is 2. The van der Waals surface area contributed by atoms with Gasteiger partial charge < -0.3 is 10.3 Å². The molecule has 0 aliphatic carbocycles. The molecule has 0 radical (unpaired) electrons. The van der Waals surface area contributed by atoms with E-state index < -0.39 is 9.84 Å². The van der Waals surface area contributed by atoms with E-state index in [1.54, 1.807) is 79.3 Å². The second-order valence-electron chi connectivity index (χ2n) is 6.27. The quantitative estimate of drug-likeness (QED) is 0.546. The van der Waals surface area contributed by atoms with Gasteiger partial charge in [-0.3, -0.25) is 9.78 Å². The summed E-state index contributed by atoms with van der Waals surface area (Å²) in [6.45, 7) is 0.294. The van der Waals surface area contributed by atoms with Crippen molar-refractivity contribution >= 4 is 26.6 Å². The van der Waals surface area contributed by atoms with E-state index in [0.717, 1.165) is 16.5 Å². The molecule has 28 heavy (non-hydrogen) atoms. The number of carbonyl (C=O) groups excluding carboxylic acids is 1. The van der Waals surface area contributed by atoms with Gasteiger partial charge in [0.1, 0.15) is 0 Å². The fourth-order valence-electron chi connectivity index (χ4n) is 2.96. The summed E-state index contributed by atoms with van der Waals surface area (Å²) >= 11 is 0. The van der Waals surface area contributed by atoms with Crippen LogP contribution in [0, 0.1) is 0 Å². The van der Waals surface area contributed by atoms with Gasteiger partial charge in [-0.15, -0.1) is 0 Å². The lowest BCUT2D eigenvalue weighted by Gasteiger charge is -2.07. The van der Waals surface area contributed by atoms with Gasteiger partial charge in [-0.05, 0) is 35.9 Å². The Kier molecular flexibility index (Phi) is 4.67. The van der Waals surface area contributed by atoms with Crippen molar-refractivity contribution in [3.63, 3.8) is 0 Å². The number of aromatic nitrogens is 2. The Morgan fingerprint density at radius 2 is 1.68 bits per heavy atom. The summed E-state index contributed by atoms with van der Waals surface area (Å²) in [6, 6.07) is 16.6. The van der Waals surface area contributed by atoms with Crippen LogP contribution in [0.1, 0.15) is 15.9 Å². The molecule has 0 spiro atoms. The van der Waals surface area contributed by atoms with Crippen LogP contribution in [0.2, 0.25) is 0 Å². The van der Waals surface area contributed by atoms with E-state index in [1.165, 1.54) is 0 Å². The van der Waals surface area contributed by atoms with E-state index >= 15 is 0 Å². The number of pyridine rings is 1. The van der Waals surface area contributed by atoms with Gasteiger partial charge in [0.15, 0.2) is 0 Å². The molecule has 0 bridgehead atoms. The zero-order valence-corrected chi connectivity index (χ0v) is 15.6. The lowest BCUT2D eigenvalue weighted by atomic mass is 10.2. The Balaban J connectivity index is 1.47. The third kappa shape index (κ3) is 3.39. The summed E-state index contributed by atoms with van der Waals surface area (Å²) in [5.74, 6) is -0.210. The van der Waals surface area contributed by atoms with Crippen LogP contribution in [0.15, 0.2) is 89.0 Å². The molecule has 0 saturated heterocycles. The van der Waals surface area contributed by atoms with Gasteiger partial charge in [-0.2, -0.15) is 0 Å². The SMILES string of the molecule is O=C(NCc1ccc(S(=O)(=O)c2ccccc2)cc1)c1c[nH]c2cnccc12. The number of H-pyrrole nitrogens is 1. The average Bonchev–Trinajstić information content (AvgIpc) is 3.17. The monoisotopic (exact) mass is 391 g/mol. The molecular weight excluding hydrogens is 374 g/mol. The number of amides is 1. The number of hydrogen-bond donors (Lipinski definition) is 2. The van der Waals surface area contributed by atoms with E-state index in [1.807, 2.05) is 0 Å². The molecule has 1 amide bonds. The predicted octanol–water partition coefficient (Wildman–Crippen LogP) is 3.33. The topological polar surface area (TPSA) is 91.9 Å². The van der Waals surface area contributed by atoms with Crippen LogP contribution < -0.4 is 5.32 Å². The summed E-state index contributed by atoms with van der Waals surface area (Å²) in [5.41, 5.74) is 2.14. The molecule has 4 aromatic rings. The number of hydrogen-bond acceptors (Lipinski definition) is 4. The molecule has 0 fully saturated rings. The van der Waals surface area contributed by atoms with Gasteiger partial charge in [0.05, 0.1) is 27.1 Å². The first-order chi connectivity index (χ1) is 13.6. The second-order valence-corrected chi connectivity index (χ2v) is 8.22. The van der Waals surface area contributed by atoms with Crippen molar-refractivity contribution in [3.8, 4) is 0 Å². The van der Waals surface area contributed by atoms with Crippen LogP contribution >= 0.6 is 0 Å². The molecule has 2 aromatic heterocycles. The van der Waals surface area contributed by atoms with Crippen LogP contribution in [0.4, 0.5) is 0 Å². The zero-order valence-electron chi connectivity index (χ0n) is 14.8. The van der Waals surface area contributed by atoms with Crippen molar-refractivity contribution < 1.29 is 13.2 Å². The van der Waals surface area contributed by atoms with Crippen molar-refractivity contribution in [1.29, 1.82) is 0 Å². The maximum absolute atomic E-state index is 12.6. The predicted molar refractivity (Wildman–Crippen MR) is 106 cm³/mol. The maximum Gasteiger partial charge on any atom is 0.253 e. The van der Waals surface area contributed by atoms with Gasteiger partial charge in [-0.25, -0.2) is 8.42 Å². The molecule has 0 atom stereocenters. The normalized spacial score (nSPS) is 11.4. The van der Waals surface area contributed by atoms with Crippen LogP contribution in [0.25, 0.3) is 10.9 Å². The Bertz CT molecular complexity index is 1230. The minimum atomic E-state index is -3.54. The van der Waals surface area contributed by atoms with Gasteiger partial charge in [0, 0.05) is 24.3 Å². The third-order valence-corrected chi connectivity index (χ3v) is 6.25. The molecule has 7 heteroatoms. The van der Waals surface area contributed by atoms with Gasteiger partial charge in [0.25, 0.3) is 5.91 Å². The van der Waals surface area contributed by atoms with E-state index in [9.17, 15) is 13.2 Å². The summed E-state index contributed by atoms with van der Waals surface area (Å²) in [5, 5.41) is 3.66. The standard InChI is InChI=1S/C21H17N3O3S/c25-21(19-13-23-20-14-22-11-10-18(19)20)24-12-15-6-8-17(9-7-15)28(26,27)16-4-2-1-3-5-16/h1-11,13-14,23H,12H2,(H,24,25). The molecule has 2 aromatic carbocycles. The van der Waals surface area contributed by atoms with Gasteiger partial charge >= 0.3 is 0 Å². The average molecular weight is 391 g/mol. The number of rotatable bonds is 5. The largest absolute Gasteiger partial charge is 0.359 e. The molecule has 4 rings (SSSR count). The highest BCUT2D eigenvalue weighted by Gasteiger charge is 2.17. The summed E-state index contributed by atoms with van der Waals surface area (Å²) in [6.07, 6.45) is 4.95. The van der Waals surface area contributed by atoms with Crippen molar-refractivity contribution in [1.82, 2.24) is 15.3 Å². The van der Waals surface area contributed by atoms with Crippen molar-refractivity contribution in [2.75, 3.05) is 0 Å². The molecule has 2 heterocycles. The lowest BCUT2D eigenvalue weighted by Crippen LogP contribution is -2.22. The van der Waals surface area contributed by atoms with Crippen molar-refractivity contribution in [2.24, 2.45) is 0 Å². The number of fused-ring (bicyclic) bond motifs is 1. The minimum absolute atomic E-state index is 0.210. The first-order valence-electron chi connectivity index (χ1n) is 8.64. The van der Waals surface area contributed by atoms with E-state index in [2.05, 4.69) is 15.3 Å². The Morgan fingerprint density at radius 3 is 2.43 bits per heavy atom. The van der Waals surface area contributed by atoms with Crippen LogP contribution in [0.3, 0.4) is 0 Å². The van der Waals surface area contributed by atoms with Crippen LogP contribution in [0.5, 0.6) is 0 Å². The first kappa shape index (κ1) is 17.9. The number of aromatic amines is 1. The van der Waals surface area contributed by atoms with Crippen LogP contribution in [-0.4, -0.2) is 24.3 Å². The molecule has 0 unspecified atom stereocenters. The van der Waals surface area contributed by atoms with Crippen LogP contribution in [-0.2, 0) is 16.4 Å².